The van der Waals surface area contributed by atoms with Gasteiger partial charge in [0.25, 0.3) is 0 Å². The molecule has 2 N–H and O–H groups in total. The van der Waals surface area contributed by atoms with Gasteiger partial charge >= 0.3 is 0 Å². The van der Waals surface area contributed by atoms with Gasteiger partial charge in [-0.3, -0.25) is 9.59 Å². The number of halogens is 1. The van der Waals surface area contributed by atoms with Gasteiger partial charge in [-0.1, -0.05) is 54.2 Å². The number of anilines is 1. The standard InChI is InChI=1S/C24H21FN4O2S/c25-18-10-12-19(13-11-18)27-22(30)15-29-21-9-5-4-8-20(21)28-24(29)32-16-23(31)26-14-17-6-2-1-3-7-17/h1-13H,14-16H2,(H,26,31)(H,27,30). The lowest BCUT2D eigenvalue weighted by molar-refractivity contribution is -0.118. The number of benzene rings is 3. The molecule has 1 heterocycles. The lowest BCUT2D eigenvalue weighted by Gasteiger charge is -2.10. The zero-order valence-corrected chi connectivity index (χ0v) is 17.9. The summed E-state index contributed by atoms with van der Waals surface area (Å²) in [7, 11) is 0. The van der Waals surface area contributed by atoms with E-state index in [0.717, 1.165) is 16.6 Å². The van der Waals surface area contributed by atoms with Crippen molar-refractivity contribution in [1.82, 2.24) is 14.9 Å². The van der Waals surface area contributed by atoms with E-state index < -0.39 is 0 Å². The lowest BCUT2D eigenvalue weighted by Crippen LogP contribution is -2.25. The Hall–Kier alpha value is -3.65. The van der Waals surface area contributed by atoms with Crippen LogP contribution in [0.1, 0.15) is 5.56 Å². The smallest absolute Gasteiger partial charge is 0.244 e. The number of aromatic nitrogens is 2. The van der Waals surface area contributed by atoms with Gasteiger partial charge in [-0.15, -0.1) is 0 Å². The summed E-state index contributed by atoms with van der Waals surface area (Å²) in [6.07, 6.45) is 0. The van der Waals surface area contributed by atoms with Gasteiger partial charge in [0.1, 0.15) is 12.4 Å². The van der Waals surface area contributed by atoms with E-state index >= 15 is 0 Å². The van der Waals surface area contributed by atoms with E-state index in [0.29, 0.717) is 17.4 Å². The number of carbonyl (C=O) groups excluding carboxylic acids is 2. The summed E-state index contributed by atoms with van der Waals surface area (Å²) < 4.78 is 14.9. The molecule has 8 heteroatoms. The Morgan fingerprint density at radius 2 is 1.62 bits per heavy atom. The maximum atomic E-state index is 13.1. The second-order valence-electron chi connectivity index (χ2n) is 7.08. The topological polar surface area (TPSA) is 76.0 Å². The summed E-state index contributed by atoms with van der Waals surface area (Å²) >= 11 is 1.28. The van der Waals surface area contributed by atoms with Gasteiger partial charge in [-0.25, -0.2) is 9.37 Å². The van der Waals surface area contributed by atoms with Crippen molar-refractivity contribution in [1.29, 1.82) is 0 Å². The first-order valence-electron chi connectivity index (χ1n) is 10.0. The second kappa shape index (κ2) is 10.1. The van der Waals surface area contributed by atoms with E-state index in [1.165, 1.54) is 36.0 Å². The minimum atomic E-state index is -0.368. The predicted octanol–water partition coefficient (Wildman–Crippen LogP) is 4.22. The van der Waals surface area contributed by atoms with Gasteiger partial charge in [0, 0.05) is 12.2 Å². The van der Waals surface area contributed by atoms with Crippen molar-refractivity contribution in [2.45, 2.75) is 18.2 Å². The Bertz CT molecular complexity index is 1230. The van der Waals surface area contributed by atoms with Crippen molar-refractivity contribution in [3.05, 3.63) is 90.2 Å². The highest BCUT2D eigenvalue weighted by Gasteiger charge is 2.15. The zero-order valence-electron chi connectivity index (χ0n) is 17.1. The minimum absolute atomic E-state index is 0.0197. The molecular weight excluding hydrogens is 427 g/mol. The van der Waals surface area contributed by atoms with Gasteiger partial charge in [-0.2, -0.15) is 0 Å². The predicted molar refractivity (Wildman–Crippen MR) is 124 cm³/mol. The number of imidazole rings is 1. The number of para-hydroxylation sites is 2. The van der Waals surface area contributed by atoms with Crippen LogP contribution < -0.4 is 10.6 Å². The number of nitrogens with zero attached hydrogens (tertiary/aromatic N) is 2. The zero-order chi connectivity index (χ0) is 22.3. The first kappa shape index (κ1) is 21.6. The molecule has 0 saturated carbocycles. The van der Waals surface area contributed by atoms with E-state index in [4.69, 9.17) is 0 Å². The first-order chi connectivity index (χ1) is 15.6. The fourth-order valence-corrected chi connectivity index (χ4v) is 4.02. The molecule has 0 spiro atoms. The normalized spacial score (nSPS) is 10.8. The number of rotatable bonds is 8. The highest BCUT2D eigenvalue weighted by Crippen LogP contribution is 2.24. The Balaban J connectivity index is 1.43. The molecule has 0 aliphatic rings. The highest BCUT2D eigenvalue weighted by molar-refractivity contribution is 7.99. The molecule has 3 aromatic carbocycles. The largest absolute Gasteiger partial charge is 0.351 e. The average molecular weight is 449 g/mol. The number of hydrogen-bond donors (Lipinski definition) is 2. The van der Waals surface area contributed by atoms with Crippen LogP contribution in [0.5, 0.6) is 0 Å². The third-order valence-electron chi connectivity index (χ3n) is 4.71. The summed E-state index contributed by atoms with van der Waals surface area (Å²) in [5.74, 6) is -0.577. The average Bonchev–Trinajstić information content (AvgIpc) is 3.16. The van der Waals surface area contributed by atoms with Crippen LogP contribution in [0.2, 0.25) is 0 Å². The van der Waals surface area contributed by atoms with Crippen LogP contribution in [-0.4, -0.2) is 27.1 Å². The van der Waals surface area contributed by atoms with Crippen LogP contribution in [0, 0.1) is 5.82 Å². The molecule has 4 aromatic rings. The maximum absolute atomic E-state index is 13.1. The van der Waals surface area contributed by atoms with E-state index in [2.05, 4.69) is 15.6 Å². The number of hydrogen-bond acceptors (Lipinski definition) is 4. The SMILES string of the molecule is O=C(CSc1nc2ccccc2n1CC(=O)Nc1ccc(F)cc1)NCc1ccccc1. The molecule has 0 radical (unpaired) electrons. The fourth-order valence-electron chi connectivity index (χ4n) is 3.17. The molecule has 0 fully saturated rings. The van der Waals surface area contributed by atoms with Gasteiger partial charge < -0.3 is 15.2 Å². The van der Waals surface area contributed by atoms with Crippen LogP contribution >= 0.6 is 11.8 Å². The molecule has 2 amide bonds. The first-order valence-corrected chi connectivity index (χ1v) is 11.0. The summed E-state index contributed by atoms with van der Waals surface area (Å²) in [5, 5.41) is 6.23. The van der Waals surface area contributed by atoms with Crippen molar-refractivity contribution in [3.8, 4) is 0 Å². The summed E-state index contributed by atoms with van der Waals surface area (Å²) in [6.45, 7) is 0.475. The number of nitrogens with one attached hydrogen (secondary N) is 2. The molecule has 4 rings (SSSR count). The van der Waals surface area contributed by atoms with Gasteiger partial charge in [0.2, 0.25) is 11.8 Å². The lowest BCUT2D eigenvalue weighted by atomic mass is 10.2. The summed E-state index contributed by atoms with van der Waals surface area (Å²) in [6, 6.07) is 22.8. The number of thioether (sulfide) groups is 1. The third-order valence-corrected chi connectivity index (χ3v) is 5.69. The molecule has 0 atom stereocenters. The van der Waals surface area contributed by atoms with Crippen molar-refractivity contribution in [3.63, 3.8) is 0 Å². The molecule has 32 heavy (non-hydrogen) atoms. The molecule has 6 nitrogen and oxygen atoms in total. The molecular formula is C24H21FN4O2S. The van der Waals surface area contributed by atoms with Crippen molar-refractivity contribution < 1.29 is 14.0 Å². The van der Waals surface area contributed by atoms with Crippen molar-refractivity contribution in [2.75, 3.05) is 11.1 Å². The summed E-state index contributed by atoms with van der Waals surface area (Å²) in [5.41, 5.74) is 3.08. The molecule has 1 aromatic heterocycles. The van der Waals surface area contributed by atoms with Gasteiger partial charge in [0.15, 0.2) is 5.16 Å². The molecule has 0 bridgehead atoms. The van der Waals surface area contributed by atoms with Crippen LogP contribution in [0.25, 0.3) is 11.0 Å². The number of fused-ring (bicyclic) bond motifs is 1. The Morgan fingerprint density at radius 3 is 2.41 bits per heavy atom. The Kier molecular flexibility index (Phi) is 6.81. The monoisotopic (exact) mass is 448 g/mol. The quantitative estimate of drug-likeness (QED) is 0.396. The molecule has 0 saturated heterocycles. The van der Waals surface area contributed by atoms with E-state index in [1.807, 2.05) is 54.6 Å². The van der Waals surface area contributed by atoms with E-state index in [9.17, 15) is 14.0 Å². The van der Waals surface area contributed by atoms with Crippen LogP contribution in [0.15, 0.2) is 84.0 Å². The second-order valence-corrected chi connectivity index (χ2v) is 8.02. The van der Waals surface area contributed by atoms with Crippen LogP contribution in [0.4, 0.5) is 10.1 Å². The molecule has 0 aliphatic heterocycles. The van der Waals surface area contributed by atoms with Crippen LogP contribution in [0.3, 0.4) is 0 Å². The van der Waals surface area contributed by atoms with E-state index in [-0.39, 0.29) is 29.9 Å². The minimum Gasteiger partial charge on any atom is -0.351 e. The van der Waals surface area contributed by atoms with Crippen molar-refractivity contribution >= 4 is 40.3 Å². The van der Waals surface area contributed by atoms with Gasteiger partial charge in [-0.05, 0) is 42.0 Å². The number of amides is 2. The summed E-state index contributed by atoms with van der Waals surface area (Å²) in [4.78, 5) is 29.5. The Labute approximate surface area is 188 Å². The van der Waals surface area contributed by atoms with E-state index in [1.54, 1.807) is 4.57 Å². The number of carbonyl (C=O) groups is 2. The third kappa shape index (κ3) is 5.53. The fraction of sp³-hybridized carbons (Fsp3) is 0.125. The van der Waals surface area contributed by atoms with Gasteiger partial charge in [0.05, 0.1) is 16.8 Å². The highest BCUT2D eigenvalue weighted by atomic mass is 32.2. The Morgan fingerprint density at radius 1 is 0.906 bits per heavy atom. The van der Waals surface area contributed by atoms with Crippen LogP contribution in [-0.2, 0) is 22.7 Å². The molecule has 0 aliphatic carbocycles. The van der Waals surface area contributed by atoms with Crippen molar-refractivity contribution in [2.24, 2.45) is 0 Å². The molecule has 0 unspecified atom stereocenters. The maximum Gasteiger partial charge on any atom is 0.244 e. The molecule has 162 valence electrons.